The minimum absolute atomic E-state index is 0.0277. The first-order valence-corrected chi connectivity index (χ1v) is 12.8. The average molecular weight is 555 g/mol. The zero-order valence-electron chi connectivity index (χ0n) is 21.7. The third-order valence-electron chi connectivity index (χ3n) is 5.93. The molecule has 11 nitrogen and oxygen atoms in total. The molecule has 0 aliphatic carbocycles. The minimum Gasteiger partial charge on any atom is -0.481 e. The van der Waals surface area contributed by atoms with Crippen molar-refractivity contribution in [2.45, 2.75) is 39.2 Å². The molecule has 0 bridgehead atoms. The summed E-state index contributed by atoms with van der Waals surface area (Å²) in [6, 6.07) is 9.94. The normalized spacial score (nSPS) is 13.3. The zero-order chi connectivity index (χ0) is 28.5. The fourth-order valence-electron chi connectivity index (χ4n) is 4.17. The highest BCUT2D eigenvalue weighted by atomic mass is 35.5. The molecule has 39 heavy (non-hydrogen) atoms. The van der Waals surface area contributed by atoms with Crippen molar-refractivity contribution >= 4 is 52.0 Å². The lowest BCUT2D eigenvalue weighted by Gasteiger charge is -2.21. The second kappa shape index (κ2) is 13.5. The summed E-state index contributed by atoms with van der Waals surface area (Å²) in [6.45, 7) is 4.54. The number of ether oxygens (including phenoxy) is 1. The maximum Gasteiger partial charge on any atom is 0.308 e. The van der Waals surface area contributed by atoms with Crippen molar-refractivity contribution in [1.29, 1.82) is 5.41 Å². The molecule has 1 saturated heterocycles. The van der Waals surface area contributed by atoms with Crippen LogP contribution < -0.4 is 11.1 Å². The van der Waals surface area contributed by atoms with Gasteiger partial charge in [0, 0.05) is 31.0 Å². The first-order chi connectivity index (χ1) is 18.6. The van der Waals surface area contributed by atoms with Gasteiger partial charge in [-0.05, 0) is 43.5 Å². The van der Waals surface area contributed by atoms with Crippen LogP contribution in [0.15, 0.2) is 42.7 Å². The predicted octanol–water partition coefficient (Wildman–Crippen LogP) is 4.00. The van der Waals surface area contributed by atoms with Gasteiger partial charge >= 0.3 is 5.97 Å². The van der Waals surface area contributed by atoms with E-state index in [9.17, 15) is 9.59 Å². The van der Waals surface area contributed by atoms with Gasteiger partial charge in [0.15, 0.2) is 0 Å². The van der Waals surface area contributed by atoms with E-state index in [1.807, 2.05) is 6.07 Å². The lowest BCUT2D eigenvalue weighted by molar-refractivity contribution is -0.143. The highest BCUT2D eigenvalue weighted by Gasteiger charge is 2.24. The van der Waals surface area contributed by atoms with Crippen LogP contribution >= 0.6 is 11.6 Å². The molecule has 1 amide bonds. The van der Waals surface area contributed by atoms with E-state index in [1.165, 1.54) is 6.33 Å². The Labute approximate surface area is 230 Å². The summed E-state index contributed by atoms with van der Waals surface area (Å²) in [6.07, 6.45) is 3.40. The zero-order valence-corrected chi connectivity index (χ0v) is 22.5. The van der Waals surface area contributed by atoms with Gasteiger partial charge in [0.1, 0.15) is 18.0 Å². The Morgan fingerprint density at radius 3 is 2.54 bits per heavy atom. The van der Waals surface area contributed by atoms with Gasteiger partial charge in [0.05, 0.1) is 35.2 Å². The molecule has 1 aromatic heterocycles. The minimum atomic E-state index is -0.833. The highest BCUT2D eigenvalue weighted by molar-refractivity contribution is 6.34. The van der Waals surface area contributed by atoms with Gasteiger partial charge in [-0.3, -0.25) is 19.8 Å². The quantitative estimate of drug-likeness (QED) is 0.182. The number of amides is 1. The van der Waals surface area contributed by atoms with Crippen LogP contribution in [0.5, 0.6) is 0 Å². The topological polar surface area (TPSA) is 172 Å². The second-order valence-electron chi connectivity index (χ2n) is 8.84. The molecule has 1 unspecified atom stereocenters. The molecule has 0 saturated carbocycles. The molecule has 206 valence electrons. The Kier molecular flexibility index (Phi) is 10.2. The summed E-state index contributed by atoms with van der Waals surface area (Å²) in [7, 11) is 0. The Bertz CT molecular complexity index is 1370. The maximum atomic E-state index is 12.9. The van der Waals surface area contributed by atoms with E-state index in [-0.39, 0.29) is 30.7 Å². The summed E-state index contributed by atoms with van der Waals surface area (Å²) in [5.41, 5.74) is 7.91. The van der Waals surface area contributed by atoms with Crippen molar-refractivity contribution < 1.29 is 24.2 Å². The summed E-state index contributed by atoms with van der Waals surface area (Å²) < 4.78 is 5.16. The van der Waals surface area contributed by atoms with Crippen molar-refractivity contribution in [1.82, 2.24) is 14.9 Å². The number of hydrogen-bond acceptors (Lipinski definition) is 8. The average Bonchev–Trinajstić information content (AvgIpc) is 3.43. The van der Waals surface area contributed by atoms with Gasteiger partial charge < -0.3 is 25.8 Å². The molecule has 5 N–H and O–H groups in total. The SMILES string of the molecule is CC(=O)O.CCOC(=O)CC(Nc1ncnc2cc(C(=O)N3CCCC3)c(Cl)cc12)c1cccc(C(=N)N)c1. The largest absolute Gasteiger partial charge is 0.481 e. The van der Waals surface area contributed by atoms with E-state index in [0.29, 0.717) is 32.9 Å². The van der Waals surface area contributed by atoms with Crippen LogP contribution in [0, 0.1) is 5.41 Å². The van der Waals surface area contributed by atoms with Crippen LogP contribution in [0.25, 0.3) is 10.9 Å². The van der Waals surface area contributed by atoms with Crippen LogP contribution in [0.4, 0.5) is 5.82 Å². The predicted molar refractivity (Wildman–Crippen MR) is 148 cm³/mol. The van der Waals surface area contributed by atoms with Gasteiger partial charge in [-0.25, -0.2) is 9.97 Å². The van der Waals surface area contributed by atoms with Crippen LogP contribution in [0.2, 0.25) is 5.02 Å². The number of aromatic nitrogens is 2. The summed E-state index contributed by atoms with van der Waals surface area (Å²) in [4.78, 5) is 44.8. The molecule has 2 aromatic carbocycles. The number of rotatable bonds is 8. The second-order valence-corrected chi connectivity index (χ2v) is 9.24. The number of likely N-dealkylation sites (tertiary alicyclic amines) is 1. The number of carboxylic acids is 1. The van der Waals surface area contributed by atoms with Gasteiger partial charge in [-0.15, -0.1) is 0 Å². The molecule has 1 aliphatic heterocycles. The molecular weight excluding hydrogens is 524 g/mol. The van der Waals surface area contributed by atoms with Crippen LogP contribution in [0.1, 0.15) is 60.6 Å². The number of hydrogen-bond donors (Lipinski definition) is 4. The molecule has 1 fully saturated rings. The molecule has 1 aliphatic rings. The van der Waals surface area contributed by atoms with Crippen LogP contribution in [-0.2, 0) is 14.3 Å². The number of nitrogen functional groups attached to an aromatic ring is 1. The molecule has 3 aromatic rings. The Balaban J connectivity index is 0.000000983. The third-order valence-corrected chi connectivity index (χ3v) is 6.25. The van der Waals surface area contributed by atoms with E-state index >= 15 is 0 Å². The Hall–Kier alpha value is -4.25. The summed E-state index contributed by atoms with van der Waals surface area (Å²) in [5, 5.41) is 19.4. The number of fused-ring (bicyclic) bond motifs is 1. The first-order valence-electron chi connectivity index (χ1n) is 12.4. The molecular formula is C27H31ClN6O5. The van der Waals surface area contributed by atoms with Gasteiger partial charge in [0.25, 0.3) is 11.9 Å². The number of carbonyl (C=O) groups excluding carboxylic acids is 2. The number of carboxylic acid groups (broad SMARTS) is 1. The molecule has 4 rings (SSSR count). The number of anilines is 1. The number of nitrogens with zero attached hydrogens (tertiary/aromatic N) is 3. The monoisotopic (exact) mass is 554 g/mol. The number of carbonyl (C=O) groups is 3. The van der Waals surface area contributed by atoms with Crippen molar-refractivity contribution in [2.75, 3.05) is 25.0 Å². The number of amidine groups is 1. The van der Waals surface area contributed by atoms with E-state index in [2.05, 4.69) is 15.3 Å². The van der Waals surface area contributed by atoms with Crippen molar-refractivity contribution in [3.05, 3.63) is 64.4 Å². The number of benzene rings is 2. The third kappa shape index (κ3) is 7.87. The van der Waals surface area contributed by atoms with Crippen molar-refractivity contribution in [3.63, 3.8) is 0 Å². The van der Waals surface area contributed by atoms with Crippen molar-refractivity contribution in [2.24, 2.45) is 5.73 Å². The highest BCUT2D eigenvalue weighted by Crippen LogP contribution is 2.31. The number of nitrogens with two attached hydrogens (primary N) is 1. The number of aliphatic carboxylic acids is 1. The van der Waals surface area contributed by atoms with E-state index in [4.69, 9.17) is 37.4 Å². The Morgan fingerprint density at radius 1 is 1.21 bits per heavy atom. The first kappa shape index (κ1) is 29.3. The Morgan fingerprint density at radius 2 is 1.90 bits per heavy atom. The van der Waals surface area contributed by atoms with E-state index < -0.39 is 12.0 Å². The van der Waals surface area contributed by atoms with Crippen LogP contribution in [-0.4, -0.2) is 63.4 Å². The van der Waals surface area contributed by atoms with Gasteiger partial charge in [0.2, 0.25) is 0 Å². The molecule has 0 spiro atoms. The fraction of sp³-hybridized carbons (Fsp3) is 0.333. The van der Waals surface area contributed by atoms with Crippen LogP contribution in [0.3, 0.4) is 0 Å². The lowest BCUT2D eigenvalue weighted by atomic mass is 10.0. The molecule has 1 atom stereocenters. The summed E-state index contributed by atoms with van der Waals surface area (Å²) in [5.74, 6) is -0.937. The lowest BCUT2D eigenvalue weighted by Crippen LogP contribution is -2.27. The van der Waals surface area contributed by atoms with Crippen molar-refractivity contribution in [3.8, 4) is 0 Å². The smallest absolute Gasteiger partial charge is 0.308 e. The standard InChI is InChI=1S/C25H27ClN6O3.C2H4O2/c1-2-35-22(33)13-20(15-6-5-7-16(10-15)23(27)28)31-24-18-11-19(26)17(12-21(18)29-14-30-24)25(34)32-8-3-4-9-32;1-2(3)4/h5-7,10-12,14,20H,2-4,8-9,13H2,1H3,(H3,27,28)(H,29,30,31);1H3,(H,3,4). The number of esters is 1. The molecule has 0 radical (unpaired) electrons. The molecule has 2 heterocycles. The number of halogens is 1. The maximum absolute atomic E-state index is 12.9. The fourth-order valence-corrected chi connectivity index (χ4v) is 4.42. The van der Waals surface area contributed by atoms with Gasteiger partial charge in [-0.1, -0.05) is 29.8 Å². The summed E-state index contributed by atoms with van der Waals surface area (Å²) >= 11 is 6.54. The van der Waals surface area contributed by atoms with Gasteiger partial charge in [-0.2, -0.15) is 0 Å². The van der Waals surface area contributed by atoms with E-state index in [1.54, 1.807) is 42.2 Å². The molecule has 12 heteroatoms. The van der Waals surface area contributed by atoms with E-state index in [0.717, 1.165) is 38.4 Å². The number of nitrogens with one attached hydrogen (secondary N) is 2.